The lowest BCUT2D eigenvalue weighted by Gasteiger charge is -2.00. The van der Waals surface area contributed by atoms with E-state index in [-0.39, 0.29) is 24.8 Å². The molecule has 0 saturated carbocycles. The Hall–Kier alpha value is -0.0300. The van der Waals surface area contributed by atoms with Crippen LogP contribution < -0.4 is 11.5 Å². The van der Waals surface area contributed by atoms with Crippen LogP contribution in [0.15, 0.2) is 0 Å². The first-order chi connectivity index (χ1) is 3.68. The van der Waals surface area contributed by atoms with E-state index in [0.29, 0.717) is 13.0 Å². The number of hydrogen-bond donors (Lipinski definition) is 3. The molecule has 0 aromatic carbocycles. The van der Waals surface area contributed by atoms with Crippen LogP contribution in [0.5, 0.6) is 0 Å². The molecule has 0 saturated heterocycles. The summed E-state index contributed by atoms with van der Waals surface area (Å²) in [5, 5.41) is 8.13. The van der Waals surface area contributed by atoms with Crippen LogP contribution in [0, 0.1) is 0 Å². The molecular formula is C4H12Cl2N2O2. The van der Waals surface area contributed by atoms with Crippen LogP contribution in [0.3, 0.4) is 0 Å². The smallest absolute Gasteiger partial charge is 0.320 e. The molecule has 0 fully saturated rings. The Morgan fingerprint density at radius 3 is 2.00 bits per heavy atom. The number of carboxylic acid groups (broad SMARTS) is 1. The van der Waals surface area contributed by atoms with Gasteiger partial charge in [0, 0.05) is 0 Å². The number of halogens is 2. The Labute approximate surface area is 71.8 Å². The number of aliphatic carboxylic acids is 1. The first kappa shape index (κ1) is 16.5. The van der Waals surface area contributed by atoms with E-state index in [9.17, 15) is 4.79 Å². The SMILES string of the molecule is Cl.Cl.NCC[C@@H](N)C(=O)O. The summed E-state index contributed by atoms with van der Waals surface area (Å²) >= 11 is 0. The minimum atomic E-state index is -0.990. The largest absolute Gasteiger partial charge is 0.480 e. The van der Waals surface area contributed by atoms with Gasteiger partial charge < -0.3 is 16.6 Å². The van der Waals surface area contributed by atoms with Crippen LogP contribution in [0.4, 0.5) is 0 Å². The summed E-state index contributed by atoms with van der Waals surface area (Å²) in [5.74, 6) is -0.990. The van der Waals surface area contributed by atoms with Crippen molar-refractivity contribution in [3.63, 3.8) is 0 Å². The van der Waals surface area contributed by atoms with Crippen molar-refractivity contribution in [2.75, 3.05) is 6.54 Å². The van der Waals surface area contributed by atoms with Crippen LogP contribution in [0.25, 0.3) is 0 Å². The van der Waals surface area contributed by atoms with Crippen molar-refractivity contribution in [1.82, 2.24) is 0 Å². The van der Waals surface area contributed by atoms with Gasteiger partial charge in [-0.1, -0.05) is 0 Å². The summed E-state index contributed by atoms with van der Waals surface area (Å²) in [6.45, 7) is 0.327. The molecule has 6 heteroatoms. The van der Waals surface area contributed by atoms with Gasteiger partial charge >= 0.3 is 5.97 Å². The first-order valence-corrected chi connectivity index (χ1v) is 2.37. The van der Waals surface area contributed by atoms with Crippen molar-refractivity contribution in [2.24, 2.45) is 11.5 Å². The zero-order valence-corrected chi connectivity index (χ0v) is 6.95. The van der Waals surface area contributed by atoms with Gasteiger partial charge in [-0.2, -0.15) is 0 Å². The topological polar surface area (TPSA) is 89.3 Å². The fourth-order valence-corrected chi connectivity index (χ4v) is 0.303. The minimum Gasteiger partial charge on any atom is -0.480 e. The number of nitrogens with two attached hydrogens (primary N) is 2. The van der Waals surface area contributed by atoms with Gasteiger partial charge in [-0.25, -0.2) is 0 Å². The summed E-state index contributed by atoms with van der Waals surface area (Å²) in [5.41, 5.74) is 10.1. The fraction of sp³-hybridized carbons (Fsp3) is 0.750. The highest BCUT2D eigenvalue weighted by Crippen LogP contribution is 1.82. The maximum Gasteiger partial charge on any atom is 0.320 e. The monoisotopic (exact) mass is 190 g/mol. The van der Waals surface area contributed by atoms with Crippen molar-refractivity contribution in [3.8, 4) is 0 Å². The van der Waals surface area contributed by atoms with E-state index in [0.717, 1.165) is 0 Å². The van der Waals surface area contributed by atoms with E-state index in [1.807, 2.05) is 0 Å². The van der Waals surface area contributed by atoms with E-state index < -0.39 is 12.0 Å². The highest BCUT2D eigenvalue weighted by molar-refractivity contribution is 5.85. The Morgan fingerprint density at radius 2 is 1.90 bits per heavy atom. The lowest BCUT2D eigenvalue weighted by molar-refractivity contribution is -0.138. The first-order valence-electron chi connectivity index (χ1n) is 2.37. The van der Waals surface area contributed by atoms with E-state index in [4.69, 9.17) is 16.6 Å². The normalized spacial score (nSPS) is 10.6. The van der Waals surface area contributed by atoms with E-state index in [1.54, 1.807) is 0 Å². The Morgan fingerprint density at radius 1 is 1.50 bits per heavy atom. The van der Waals surface area contributed by atoms with Crippen LogP contribution in [0.1, 0.15) is 6.42 Å². The van der Waals surface area contributed by atoms with Gasteiger partial charge in [0.2, 0.25) is 0 Å². The second-order valence-corrected chi connectivity index (χ2v) is 1.52. The molecule has 0 heterocycles. The summed E-state index contributed by atoms with van der Waals surface area (Å²) in [7, 11) is 0. The molecule has 0 spiro atoms. The van der Waals surface area contributed by atoms with Crippen molar-refractivity contribution >= 4 is 30.8 Å². The predicted molar refractivity (Wildman–Crippen MR) is 43.8 cm³/mol. The summed E-state index contributed by atoms with van der Waals surface area (Å²) in [6, 6.07) is -0.792. The van der Waals surface area contributed by atoms with Gasteiger partial charge in [0.15, 0.2) is 0 Å². The third-order valence-electron chi connectivity index (χ3n) is 0.795. The minimum absolute atomic E-state index is 0. The summed E-state index contributed by atoms with van der Waals surface area (Å²) < 4.78 is 0. The average Bonchev–Trinajstić information content (AvgIpc) is 1.67. The quantitative estimate of drug-likeness (QED) is 0.565. The number of rotatable bonds is 3. The fourth-order valence-electron chi connectivity index (χ4n) is 0.303. The van der Waals surface area contributed by atoms with Crippen LogP contribution >= 0.6 is 24.8 Å². The molecule has 0 radical (unpaired) electrons. The van der Waals surface area contributed by atoms with Crippen molar-refractivity contribution in [2.45, 2.75) is 12.5 Å². The maximum absolute atomic E-state index is 9.91. The second-order valence-electron chi connectivity index (χ2n) is 1.52. The molecule has 64 valence electrons. The second kappa shape index (κ2) is 8.97. The molecule has 4 nitrogen and oxygen atoms in total. The van der Waals surface area contributed by atoms with Gasteiger partial charge in [0.05, 0.1) is 0 Å². The number of hydrogen-bond acceptors (Lipinski definition) is 3. The van der Waals surface area contributed by atoms with Gasteiger partial charge in [0.25, 0.3) is 0 Å². The van der Waals surface area contributed by atoms with Gasteiger partial charge in [-0.15, -0.1) is 24.8 Å². The Kier molecular flexibility index (Phi) is 14.8. The molecule has 10 heavy (non-hydrogen) atoms. The highest BCUT2D eigenvalue weighted by atomic mass is 35.5. The van der Waals surface area contributed by atoms with Gasteiger partial charge in [-0.3, -0.25) is 4.79 Å². The molecule has 0 aromatic rings. The molecule has 0 rings (SSSR count). The van der Waals surface area contributed by atoms with Crippen molar-refractivity contribution in [1.29, 1.82) is 0 Å². The molecule has 0 bridgehead atoms. The number of carboxylic acids is 1. The molecule has 0 amide bonds. The molecule has 0 aliphatic heterocycles. The number of carbonyl (C=O) groups is 1. The zero-order valence-electron chi connectivity index (χ0n) is 5.32. The standard InChI is InChI=1S/C4H10N2O2.2ClH/c5-2-1-3(6)4(7)8;;/h3H,1-2,5-6H2,(H,7,8);2*1H/t3-;;/m1../s1. The Bertz CT molecular complexity index is 91.3. The molecule has 1 atom stereocenters. The third-order valence-corrected chi connectivity index (χ3v) is 0.795. The summed E-state index contributed by atoms with van der Waals surface area (Å²) in [4.78, 5) is 9.91. The van der Waals surface area contributed by atoms with Crippen LogP contribution in [0.2, 0.25) is 0 Å². The lowest BCUT2D eigenvalue weighted by Crippen LogP contribution is -2.32. The third kappa shape index (κ3) is 7.97. The van der Waals surface area contributed by atoms with E-state index in [2.05, 4.69) is 0 Å². The van der Waals surface area contributed by atoms with E-state index >= 15 is 0 Å². The molecule has 0 aliphatic carbocycles. The van der Waals surface area contributed by atoms with Gasteiger partial charge in [0.1, 0.15) is 6.04 Å². The van der Waals surface area contributed by atoms with Crippen LogP contribution in [-0.2, 0) is 4.79 Å². The average molecular weight is 191 g/mol. The molecular weight excluding hydrogens is 179 g/mol. The van der Waals surface area contributed by atoms with Crippen molar-refractivity contribution in [3.05, 3.63) is 0 Å². The lowest BCUT2D eigenvalue weighted by atomic mass is 10.2. The van der Waals surface area contributed by atoms with E-state index in [1.165, 1.54) is 0 Å². The van der Waals surface area contributed by atoms with Crippen LogP contribution in [-0.4, -0.2) is 23.7 Å². The predicted octanol–water partition coefficient (Wildman–Crippen LogP) is -0.409. The zero-order chi connectivity index (χ0) is 6.57. The molecule has 5 N–H and O–H groups in total. The van der Waals surface area contributed by atoms with Crippen molar-refractivity contribution < 1.29 is 9.90 Å². The Balaban J connectivity index is -0.000000245. The summed E-state index contributed by atoms with van der Waals surface area (Å²) in [6.07, 6.45) is 0.343. The van der Waals surface area contributed by atoms with Gasteiger partial charge in [-0.05, 0) is 13.0 Å². The molecule has 0 aliphatic rings. The molecule has 0 unspecified atom stereocenters. The maximum atomic E-state index is 9.91. The molecule has 0 aromatic heterocycles. The highest BCUT2D eigenvalue weighted by Gasteiger charge is 2.07.